The molecule has 2 rings (SSSR count). The van der Waals surface area contributed by atoms with E-state index in [0.29, 0.717) is 23.3 Å². The molecule has 0 radical (unpaired) electrons. The largest absolute Gasteiger partial charge is 0.494 e. The lowest BCUT2D eigenvalue weighted by molar-refractivity contribution is -0.120. The molecular weight excluding hydrogens is 336 g/mol. The molecule has 0 saturated heterocycles. The number of hydrogen-bond acceptors (Lipinski definition) is 6. The maximum Gasteiger partial charge on any atom is 0.243 e. The van der Waals surface area contributed by atoms with Crippen LogP contribution in [0.15, 0.2) is 23.7 Å². The molecule has 0 aliphatic heterocycles. The second-order valence-electron chi connectivity index (χ2n) is 5.01. The van der Waals surface area contributed by atoms with Gasteiger partial charge in [0.2, 0.25) is 11.0 Å². The monoisotopic (exact) mass is 354 g/mol. The minimum Gasteiger partial charge on any atom is -0.494 e. The summed E-state index contributed by atoms with van der Waals surface area (Å²) in [5.74, 6) is 0.643. The number of amides is 1. The third kappa shape index (κ3) is 4.89. The van der Waals surface area contributed by atoms with Crippen molar-refractivity contribution in [3.63, 3.8) is 0 Å². The Hall–Kier alpha value is -1.70. The van der Waals surface area contributed by atoms with Gasteiger partial charge in [-0.3, -0.25) is 15.0 Å². The Balaban J connectivity index is 2.04. The molecule has 0 spiro atoms. The lowest BCUT2D eigenvalue weighted by Gasteiger charge is -2.24. The third-order valence-electron chi connectivity index (χ3n) is 3.37. The van der Waals surface area contributed by atoms with Crippen molar-refractivity contribution in [3.05, 3.63) is 34.3 Å². The van der Waals surface area contributed by atoms with E-state index < -0.39 is 0 Å². The van der Waals surface area contributed by atoms with Gasteiger partial charge in [0.05, 0.1) is 12.6 Å². The molecule has 0 bridgehead atoms. The van der Waals surface area contributed by atoms with Gasteiger partial charge >= 0.3 is 0 Å². The fraction of sp³-hybridized carbons (Fsp3) is 0.400. The van der Waals surface area contributed by atoms with Crippen LogP contribution >= 0.6 is 22.9 Å². The van der Waals surface area contributed by atoms with Crippen molar-refractivity contribution in [2.24, 2.45) is 0 Å². The Labute approximate surface area is 144 Å². The molecule has 8 heteroatoms. The highest BCUT2D eigenvalue weighted by Gasteiger charge is 2.20. The Bertz CT molecular complexity index is 651. The van der Waals surface area contributed by atoms with Gasteiger partial charge in [-0.2, -0.15) is 0 Å². The van der Waals surface area contributed by atoms with Gasteiger partial charge in [-0.05, 0) is 39.1 Å². The molecule has 124 valence electrons. The van der Waals surface area contributed by atoms with Gasteiger partial charge in [-0.1, -0.05) is 22.9 Å². The molecule has 0 aliphatic carbocycles. The molecule has 0 aliphatic rings. The Kier molecular flexibility index (Phi) is 6.32. The van der Waals surface area contributed by atoms with Gasteiger partial charge in [0.15, 0.2) is 0 Å². The molecule has 1 heterocycles. The van der Waals surface area contributed by atoms with Gasteiger partial charge in [0, 0.05) is 17.1 Å². The van der Waals surface area contributed by atoms with Crippen LogP contribution in [-0.2, 0) is 11.3 Å². The van der Waals surface area contributed by atoms with Crippen molar-refractivity contribution in [3.8, 4) is 5.75 Å². The Morgan fingerprint density at radius 1 is 1.52 bits per heavy atom. The number of carbonyl (C=O) groups is 1. The average Bonchev–Trinajstić information content (AvgIpc) is 3.02. The maximum atomic E-state index is 12.2. The fourth-order valence-corrected chi connectivity index (χ4v) is 2.65. The van der Waals surface area contributed by atoms with Gasteiger partial charge in [0.1, 0.15) is 11.3 Å². The molecule has 1 aromatic heterocycles. The van der Waals surface area contributed by atoms with E-state index in [2.05, 4.69) is 15.5 Å². The van der Waals surface area contributed by atoms with Crippen LogP contribution in [0.4, 0.5) is 5.13 Å². The topological polar surface area (TPSA) is 67.3 Å². The summed E-state index contributed by atoms with van der Waals surface area (Å²) >= 11 is 7.36. The molecule has 0 unspecified atom stereocenters. The van der Waals surface area contributed by atoms with Gasteiger partial charge in [0.25, 0.3) is 0 Å². The fourth-order valence-electron chi connectivity index (χ4n) is 2.01. The molecule has 0 saturated carbocycles. The molecule has 1 aromatic carbocycles. The summed E-state index contributed by atoms with van der Waals surface area (Å²) in [5, 5.41) is 11.4. The lowest BCUT2D eigenvalue weighted by Crippen LogP contribution is -2.39. The first kappa shape index (κ1) is 17.7. The maximum absolute atomic E-state index is 12.2. The van der Waals surface area contributed by atoms with E-state index in [0.717, 1.165) is 11.3 Å². The van der Waals surface area contributed by atoms with E-state index in [1.165, 1.54) is 11.3 Å². The molecule has 1 amide bonds. The smallest absolute Gasteiger partial charge is 0.243 e. The van der Waals surface area contributed by atoms with Crippen molar-refractivity contribution in [1.29, 1.82) is 0 Å². The minimum absolute atomic E-state index is 0.135. The van der Waals surface area contributed by atoms with E-state index >= 15 is 0 Å². The van der Waals surface area contributed by atoms with Crippen molar-refractivity contribution in [2.45, 2.75) is 26.4 Å². The number of halogens is 1. The number of nitrogens with zero attached hydrogens (tertiary/aromatic N) is 3. The first-order valence-electron chi connectivity index (χ1n) is 7.19. The highest BCUT2D eigenvalue weighted by Crippen LogP contribution is 2.25. The number of anilines is 1. The predicted octanol–water partition coefficient (Wildman–Crippen LogP) is 3.05. The molecule has 1 atom stereocenters. The zero-order chi connectivity index (χ0) is 16.8. The summed E-state index contributed by atoms with van der Waals surface area (Å²) in [5.41, 5.74) is 2.52. The number of aromatic nitrogens is 2. The highest BCUT2D eigenvalue weighted by molar-refractivity contribution is 7.13. The SMILES string of the molecule is CCOc1ccc(Cl)cc1CN(C)[C@@H](C)C(=O)Nc1nncs1. The van der Waals surface area contributed by atoms with Gasteiger partial charge < -0.3 is 4.74 Å². The predicted molar refractivity (Wildman–Crippen MR) is 92.1 cm³/mol. The summed E-state index contributed by atoms with van der Waals surface area (Å²) in [6.07, 6.45) is 0. The summed E-state index contributed by atoms with van der Waals surface area (Å²) in [6, 6.07) is 5.16. The van der Waals surface area contributed by atoms with E-state index in [4.69, 9.17) is 16.3 Å². The van der Waals surface area contributed by atoms with Crippen LogP contribution in [0.25, 0.3) is 0 Å². The van der Waals surface area contributed by atoms with Crippen LogP contribution in [0.5, 0.6) is 5.75 Å². The van der Waals surface area contributed by atoms with E-state index in [-0.39, 0.29) is 11.9 Å². The molecule has 0 fully saturated rings. The number of nitrogens with one attached hydrogen (secondary N) is 1. The molecule has 6 nitrogen and oxygen atoms in total. The zero-order valence-corrected chi connectivity index (χ0v) is 14.8. The molecule has 1 N–H and O–H groups in total. The summed E-state index contributed by atoms with van der Waals surface area (Å²) in [4.78, 5) is 14.2. The van der Waals surface area contributed by atoms with Crippen molar-refractivity contribution < 1.29 is 9.53 Å². The average molecular weight is 355 g/mol. The number of carbonyl (C=O) groups excluding carboxylic acids is 1. The van der Waals surface area contributed by atoms with Crippen LogP contribution < -0.4 is 10.1 Å². The van der Waals surface area contributed by atoms with Crippen LogP contribution in [0, 0.1) is 0 Å². The van der Waals surface area contributed by atoms with Crippen molar-refractivity contribution in [1.82, 2.24) is 15.1 Å². The number of benzene rings is 1. The van der Waals surface area contributed by atoms with Crippen molar-refractivity contribution in [2.75, 3.05) is 19.0 Å². The zero-order valence-electron chi connectivity index (χ0n) is 13.2. The number of rotatable bonds is 7. The minimum atomic E-state index is -0.340. The van der Waals surface area contributed by atoms with Crippen LogP contribution in [-0.4, -0.2) is 40.7 Å². The van der Waals surface area contributed by atoms with Crippen LogP contribution in [0.2, 0.25) is 5.02 Å². The number of likely N-dealkylation sites (N-methyl/N-ethyl adjacent to an activating group) is 1. The van der Waals surface area contributed by atoms with Crippen LogP contribution in [0.3, 0.4) is 0 Å². The van der Waals surface area contributed by atoms with Crippen molar-refractivity contribution >= 4 is 34.0 Å². The Morgan fingerprint density at radius 3 is 2.96 bits per heavy atom. The van der Waals surface area contributed by atoms with Crippen LogP contribution in [0.1, 0.15) is 19.4 Å². The van der Waals surface area contributed by atoms with E-state index in [9.17, 15) is 4.79 Å². The second-order valence-corrected chi connectivity index (χ2v) is 6.28. The normalized spacial score (nSPS) is 12.2. The van der Waals surface area contributed by atoms with Gasteiger partial charge in [-0.15, -0.1) is 10.2 Å². The van der Waals surface area contributed by atoms with Gasteiger partial charge in [-0.25, -0.2) is 0 Å². The summed E-state index contributed by atoms with van der Waals surface area (Å²) in [6.45, 7) is 4.88. The third-order valence-corrected chi connectivity index (χ3v) is 4.21. The number of hydrogen-bond donors (Lipinski definition) is 1. The van der Waals surface area contributed by atoms with E-state index in [1.54, 1.807) is 11.6 Å². The standard InChI is InChI=1S/C15H19ClN4O2S/c1-4-22-13-6-5-12(16)7-11(13)8-20(3)10(2)14(21)18-15-19-17-9-23-15/h5-7,9-10H,4,8H2,1-3H3,(H,18,19,21)/t10-/m0/s1. The second kappa shape index (κ2) is 8.24. The first-order valence-corrected chi connectivity index (χ1v) is 8.45. The quantitative estimate of drug-likeness (QED) is 0.827. The summed E-state index contributed by atoms with van der Waals surface area (Å²) < 4.78 is 5.62. The molecular formula is C15H19ClN4O2S. The summed E-state index contributed by atoms with van der Waals surface area (Å²) in [7, 11) is 1.88. The Morgan fingerprint density at radius 2 is 2.30 bits per heavy atom. The first-order chi connectivity index (χ1) is 11.0. The molecule has 23 heavy (non-hydrogen) atoms. The highest BCUT2D eigenvalue weighted by atomic mass is 35.5. The lowest BCUT2D eigenvalue weighted by atomic mass is 10.1. The molecule has 2 aromatic rings. The van der Waals surface area contributed by atoms with E-state index in [1.807, 2.05) is 37.9 Å². The number of ether oxygens (including phenoxy) is 1.